The van der Waals surface area contributed by atoms with Crippen molar-refractivity contribution in [1.82, 2.24) is 5.32 Å². The van der Waals surface area contributed by atoms with Gasteiger partial charge in [0.05, 0.1) is 17.7 Å². The molecule has 2 N–H and O–H groups in total. The van der Waals surface area contributed by atoms with Gasteiger partial charge in [-0.25, -0.2) is 4.39 Å². The Balaban J connectivity index is 1.49. The highest BCUT2D eigenvalue weighted by molar-refractivity contribution is 8.04. The summed E-state index contributed by atoms with van der Waals surface area (Å²) in [6, 6.07) is 18.8. The molecule has 0 fully saturated rings. The van der Waals surface area contributed by atoms with Gasteiger partial charge in [0.1, 0.15) is 11.6 Å². The number of ether oxygens (including phenoxy) is 1. The Morgan fingerprint density at radius 2 is 1.90 bits per heavy atom. The number of rotatable bonds is 5. The minimum Gasteiger partial charge on any atom is -0.496 e. The molecule has 3 aromatic carbocycles. The van der Waals surface area contributed by atoms with Gasteiger partial charge in [-0.15, -0.1) is 0 Å². The number of anilines is 1. The van der Waals surface area contributed by atoms with Crippen LogP contribution in [0.15, 0.2) is 76.5 Å². The molecule has 7 heteroatoms. The average molecular weight is 434 g/mol. The fourth-order valence-electron chi connectivity index (χ4n) is 3.16. The highest BCUT2D eigenvalue weighted by Crippen LogP contribution is 2.39. The quantitative estimate of drug-likeness (QED) is 0.564. The van der Waals surface area contributed by atoms with Gasteiger partial charge in [0, 0.05) is 28.1 Å². The highest BCUT2D eigenvalue weighted by Gasteiger charge is 2.22. The molecular weight excluding hydrogens is 415 g/mol. The van der Waals surface area contributed by atoms with E-state index >= 15 is 0 Å². The molecule has 0 saturated carbocycles. The summed E-state index contributed by atoms with van der Waals surface area (Å²) in [7, 11) is 1.58. The van der Waals surface area contributed by atoms with E-state index in [1.165, 1.54) is 23.9 Å². The standard InChI is InChI=1S/C24H19FN2O3S/c1-30-20-9-5-3-7-17(20)14-26-23(28)16-10-11-21-19(12-16)27-24(29)22(31-21)13-15-6-2-4-8-18(15)25/h2-13H,14H2,1H3,(H,26,28)(H,27,29)/b22-13+. The van der Waals surface area contributed by atoms with Gasteiger partial charge in [-0.3, -0.25) is 9.59 Å². The van der Waals surface area contributed by atoms with Gasteiger partial charge < -0.3 is 15.4 Å². The van der Waals surface area contributed by atoms with E-state index in [4.69, 9.17) is 4.74 Å². The van der Waals surface area contributed by atoms with Gasteiger partial charge in [0.2, 0.25) is 0 Å². The molecule has 1 heterocycles. The van der Waals surface area contributed by atoms with Crippen LogP contribution in [0.3, 0.4) is 0 Å². The van der Waals surface area contributed by atoms with Crippen molar-refractivity contribution in [3.63, 3.8) is 0 Å². The molecule has 0 aromatic heterocycles. The van der Waals surface area contributed by atoms with Gasteiger partial charge in [0.15, 0.2) is 0 Å². The molecule has 0 aliphatic carbocycles. The predicted octanol–water partition coefficient (Wildman–Crippen LogP) is 4.85. The van der Waals surface area contributed by atoms with Crippen LogP contribution in [0.1, 0.15) is 21.5 Å². The highest BCUT2D eigenvalue weighted by atomic mass is 32.2. The van der Waals surface area contributed by atoms with E-state index in [2.05, 4.69) is 10.6 Å². The number of carbonyl (C=O) groups is 2. The smallest absolute Gasteiger partial charge is 0.262 e. The number of hydrogen-bond acceptors (Lipinski definition) is 4. The Kier molecular flexibility index (Phi) is 6.04. The molecule has 0 radical (unpaired) electrons. The lowest BCUT2D eigenvalue weighted by atomic mass is 10.1. The summed E-state index contributed by atoms with van der Waals surface area (Å²) in [5.74, 6) is -0.296. The SMILES string of the molecule is COc1ccccc1CNC(=O)c1ccc2c(c1)NC(=O)/C(=C\c1ccccc1F)S2. The average Bonchev–Trinajstić information content (AvgIpc) is 2.79. The van der Waals surface area contributed by atoms with E-state index in [0.717, 1.165) is 10.5 Å². The van der Waals surface area contributed by atoms with Crippen molar-refractivity contribution in [2.24, 2.45) is 0 Å². The lowest BCUT2D eigenvalue weighted by molar-refractivity contribution is -0.112. The molecule has 156 valence electrons. The summed E-state index contributed by atoms with van der Waals surface area (Å²) in [5.41, 5.74) is 2.18. The third-order valence-corrected chi connectivity index (χ3v) is 5.86. The van der Waals surface area contributed by atoms with E-state index in [1.807, 2.05) is 24.3 Å². The van der Waals surface area contributed by atoms with Crippen LogP contribution in [-0.2, 0) is 11.3 Å². The third kappa shape index (κ3) is 4.62. The normalized spacial score (nSPS) is 14.0. The minimum atomic E-state index is -0.392. The van der Waals surface area contributed by atoms with Crippen molar-refractivity contribution in [3.05, 3.63) is 94.1 Å². The first-order valence-electron chi connectivity index (χ1n) is 9.55. The predicted molar refractivity (Wildman–Crippen MR) is 119 cm³/mol. The summed E-state index contributed by atoms with van der Waals surface area (Å²) in [5, 5.41) is 5.65. The zero-order valence-corrected chi connectivity index (χ0v) is 17.5. The number of halogens is 1. The number of methoxy groups -OCH3 is 1. The van der Waals surface area contributed by atoms with Crippen molar-refractivity contribution in [1.29, 1.82) is 0 Å². The fraction of sp³-hybridized carbons (Fsp3) is 0.0833. The topological polar surface area (TPSA) is 67.4 Å². The Hall–Kier alpha value is -3.58. The van der Waals surface area contributed by atoms with E-state index in [-0.39, 0.29) is 11.8 Å². The van der Waals surface area contributed by atoms with Crippen LogP contribution in [0.4, 0.5) is 10.1 Å². The van der Waals surface area contributed by atoms with Crippen molar-refractivity contribution in [2.45, 2.75) is 11.4 Å². The molecule has 4 rings (SSSR count). The summed E-state index contributed by atoms with van der Waals surface area (Å²) < 4.78 is 19.2. The van der Waals surface area contributed by atoms with Crippen LogP contribution in [-0.4, -0.2) is 18.9 Å². The number of hydrogen-bond donors (Lipinski definition) is 2. The van der Waals surface area contributed by atoms with Gasteiger partial charge in [-0.1, -0.05) is 48.2 Å². The van der Waals surface area contributed by atoms with Crippen LogP contribution in [0.5, 0.6) is 5.75 Å². The molecule has 1 aliphatic heterocycles. The zero-order chi connectivity index (χ0) is 21.8. The van der Waals surface area contributed by atoms with E-state index in [1.54, 1.807) is 43.5 Å². The minimum absolute atomic E-state index is 0.263. The van der Waals surface area contributed by atoms with Gasteiger partial charge in [0.25, 0.3) is 11.8 Å². The van der Waals surface area contributed by atoms with E-state index in [9.17, 15) is 14.0 Å². The van der Waals surface area contributed by atoms with Crippen LogP contribution in [0, 0.1) is 5.82 Å². The Bertz CT molecular complexity index is 1190. The molecule has 0 saturated heterocycles. The van der Waals surface area contributed by atoms with Gasteiger partial charge in [-0.05, 0) is 36.4 Å². The van der Waals surface area contributed by atoms with Gasteiger partial charge in [-0.2, -0.15) is 0 Å². The largest absolute Gasteiger partial charge is 0.496 e. The van der Waals surface area contributed by atoms with Crippen LogP contribution in [0.25, 0.3) is 6.08 Å². The molecule has 5 nitrogen and oxygen atoms in total. The van der Waals surface area contributed by atoms with E-state index in [0.29, 0.717) is 34.0 Å². The molecule has 0 atom stereocenters. The second-order valence-electron chi connectivity index (χ2n) is 6.79. The van der Waals surface area contributed by atoms with Crippen molar-refractivity contribution in [3.8, 4) is 5.75 Å². The van der Waals surface area contributed by atoms with Crippen LogP contribution in [0.2, 0.25) is 0 Å². The first-order valence-corrected chi connectivity index (χ1v) is 10.4. The Labute approximate surface area is 183 Å². The zero-order valence-electron chi connectivity index (χ0n) is 16.6. The number of thioether (sulfide) groups is 1. The number of carbonyl (C=O) groups excluding carboxylic acids is 2. The second kappa shape index (κ2) is 9.06. The summed E-state index contributed by atoms with van der Waals surface area (Å²) in [4.78, 5) is 26.3. The van der Waals surface area contributed by atoms with Gasteiger partial charge >= 0.3 is 0 Å². The number of para-hydroxylation sites is 1. The maximum Gasteiger partial charge on any atom is 0.262 e. The number of nitrogens with one attached hydrogen (secondary N) is 2. The summed E-state index contributed by atoms with van der Waals surface area (Å²) in [6.45, 7) is 0.316. The lowest BCUT2D eigenvalue weighted by Gasteiger charge is -2.19. The monoisotopic (exact) mass is 434 g/mol. The molecule has 3 aromatic rings. The summed E-state index contributed by atoms with van der Waals surface area (Å²) in [6.07, 6.45) is 1.52. The fourth-order valence-corrected chi connectivity index (χ4v) is 4.08. The third-order valence-electron chi connectivity index (χ3n) is 4.76. The molecule has 0 bridgehead atoms. The van der Waals surface area contributed by atoms with Crippen LogP contribution < -0.4 is 15.4 Å². The molecule has 2 amide bonds. The molecule has 0 unspecified atom stereocenters. The maximum absolute atomic E-state index is 13.9. The molecule has 31 heavy (non-hydrogen) atoms. The van der Waals surface area contributed by atoms with E-state index < -0.39 is 5.82 Å². The van der Waals surface area contributed by atoms with Crippen molar-refractivity contribution < 1.29 is 18.7 Å². The number of amides is 2. The van der Waals surface area contributed by atoms with Crippen molar-refractivity contribution in [2.75, 3.05) is 12.4 Å². The Morgan fingerprint density at radius 3 is 2.71 bits per heavy atom. The number of fused-ring (bicyclic) bond motifs is 1. The Morgan fingerprint density at radius 1 is 1.13 bits per heavy atom. The first kappa shape index (κ1) is 20.7. The first-order chi connectivity index (χ1) is 15.0. The maximum atomic E-state index is 13.9. The number of benzene rings is 3. The summed E-state index contributed by atoms with van der Waals surface area (Å²) >= 11 is 1.24. The molecule has 1 aliphatic rings. The van der Waals surface area contributed by atoms with Crippen LogP contribution >= 0.6 is 11.8 Å². The molecule has 0 spiro atoms. The van der Waals surface area contributed by atoms with Crippen molar-refractivity contribution >= 4 is 35.3 Å². The molecular formula is C24H19FN2O3S. The lowest BCUT2D eigenvalue weighted by Crippen LogP contribution is -2.24. The second-order valence-corrected chi connectivity index (χ2v) is 7.88.